The van der Waals surface area contributed by atoms with Crippen LogP contribution >= 0.6 is 11.8 Å². The van der Waals surface area contributed by atoms with Crippen molar-refractivity contribution < 1.29 is 14.3 Å². The zero-order valence-corrected chi connectivity index (χ0v) is 23.9. The van der Waals surface area contributed by atoms with E-state index >= 15 is 0 Å². The molecule has 0 bridgehead atoms. The number of para-hydroxylation sites is 1. The number of nitrogens with one attached hydrogen (secondary N) is 2. The number of nitrogens with zero attached hydrogens (tertiary/aromatic N) is 2. The summed E-state index contributed by atoms with van der Waals surface area (Å²) in [5, 5.41) is 7.18. The highest BCUT2D eigenvalue weighted by atomic mass is 32.2. The van der Waals surface area contributed by atoms with Crippen molar-refractivity contribution in [1.82, 2.24) is 20.2 Å². The molecule has 1 aliphatic carbocycles. The number of aromatic nitrogens is 2. The topological polar surface area (TPSA) is 102 Å². The first-order chi connectivity index (χ1) is 19.5. The van der Waals surface area contributed by atoms with Gasteiger partial charge in [0.15, 0.2) is 5.16 Å². The first kappa shape index (κ1) is 28.4. The Balaban J connectivity index is 1.20. The molecule has 5 rings (SSSR count). The first-order valence-corrected chi connectivity index (χ1v) is 15.3. The molecule has 1 aromatic heterocycles. The quantitative estimate of drug-likeness (QED) is 0.284. The zero-order chi connectivity index (χ0) is 27.9. The van der Waals surface area contributed by atoms with Gasteiger partial charge in [-0.25, -0.2) is 4.98 Å². The molecular weight excluding hydrogens is 524 g/mol. The van der Waals surface area contributed by atoms with Gasteiger partial charge in [-0.2, -0.15) is 0 Å². The van der Waals surface area contributed by atoms with Crippen molar-refractivity contribution in [3.8, 4) is 0 Å². The molecule has 0 radical (unpaired) electrons. The van der Waals surface area contributed by atoms with Gasteiger partial charge in [0.05, 0.1) is 22.8 Å². The van der Waals surface area contributed by atoms with E-state index in [0.29, 0.717) is 35.7 Å². The smallest absolute Gasteiger partial charge is 0.262 e. The summed E-state index contributed by atoms with van der Waals surface area (Å²) in [4.78, 5) is 43.7. The summed E-state index contributed by atoms with van der Waals surface area (Å²) in [5.74, 6) is 0.474. The zero-order valence-electron chi connectivity index (χ0n) is 23.1. The van der Waals surface area contributed by atoms with E-state index in [4.69, 9.17) is 9.72 Å². The number of thioether (sulfide) groups is 1. The van der Waals surface area contributed by atoms with Gasteiger partial charge in [-0.15, -0.1) is 0 Å². The number of rotatable bonds is 10. The van der Waals surface area contributed by atoms with E-state index < -0.39 is 0 Å². The second-order valence-corrected chi connectivity index (χ2v) is 11.9. The molecule has 1 saturated carbocycles. The maximum absolute atomic E-state index is 13.5. The first-order valence-electron chi connectivity index (χ1n) is 14.3. The van der Waals surface area contributed by atoms with Crippen LogP contribution < -0.4 is 16.2 Å². The van der Waals surface area contributed by atoms with E-state index in [2.05, 4.69) is 10.6 Å². The highest BCUT2D eigenvalue weighted by Crippen LogP contribution is 2.31. The van der Waals surface area contributed by atoms with Crippen LogP contribution in [0.4, 0.5) is 0 Å². The molecule has 2 fully saturated rings. The third kappa shape index (κ3) is 7.31. The molecule has 1 atom stereocenters. The lowest BCUT2D eigenvalue weighted by Gasteiger charge is -2.29. The average molecular weight is 563 g/mol. The fourth-order valence-corrected chi connectivity index (χ4v) is 6.37. The van der Waals surface area contributed by atoms with Gasteiger partial charge in [-0.1, -0.05) is 53.7 Å². The largest absolute Gasteiger partial charge is 0.376 e. The van der Waals surface area contributed by atoms with Crippen molar-refractivity contribution in [2.45, 2.75) is 69.8 Å². The van der Waals surface area contributed by atoms with Crippen LogP contribution in [-0.4, -0.2) is 46.4 Å². The maximum Gasteiger partial charge on any atom is 0.262 e. The molecule has 212 valence electrons. The second-order valence-electron chi connectivity index (χ2n) is 11.0. The Kier molecular flexibility index (Phi) is 9.54. The summed E-state index contributed by atoms with van der Waals surface area (Å²) in [6, 6.07) is 15.4. The van der Waals surface area contributed by atoms with E-state index in [1.54, 1.807) is 10.6 Å². The standard InChI is InChI=1S/C31H38N4O4S/c1-21-8-10-22(11-9-21)17-32-28(36)20-40-31-34-27-7-3-2-6-26(27)30(38)35(31)19-23-12-14-24(15-13-23)29(37)33-18-25-5-4-16-39-25/h2-3,6-11,23-25H,4-5,12-20H2,1H3,(H,32,36)(H,33,37)/t23?,24?,25-/m1/s1. The minimum atomic E-state index is -0.103. The summed E-state index contributed by atoms with van der Waals surface area (Å²) >= 11 is 1.30. The van der Waals surface area contributed by atoms with Gasteiger partial charge in [0.25, 0.3) is 5.56 Å². The third-order valence-electron chi connectivity index (χ3n) is 7.96. The summed E-state index contributed by atoms with van der Waals surface area (Å²) in [6.07, 6.45) is 5.58. The Hall–Kier alpha value is -3.17. The number of fused-ring (bicyclic) bond motifs is 1. The molecule has 0 spiro atoms. The number of carbonyl (C=O) groups excluding carboxylic acids is 2. The van der Waals surface area contributed by atoms with Crippen LogP contribution in [0, 0.1) is 18.8 Å². The number of ether oxygens (including phenoxy) is 1. The molecule has 8 nitrogen and oxygen atoms in total. The van der Waals surface area contributed by atoms with Crippen molar-refractivity contribution in [3.05, 3.63) is 70.0 Å². The molecule has 3 aromatic rings. The Morgan fingerprint density at radius 2 is 1.80 bits per heavy atom. The molecular formula is C31H38N4O4S. The van der Waals surface area contributed by atoms with Gasteiger partial charge in [-0.05, 0) is 69.1 Å². The molecule has 2 N–H and O–H groups in total. The lowest BCUT2D eigenvalue weighted by molar-refractivity contribution is -0.126. The molecule has 2 amide bonds. The Morgan fingerprint density at radius 1 is 1.02 bits per heavy atom. The van der Waals surface area contributed by atoms with Crippen LogP contribution in [0.3, 0.4) is 0 Å². The minimum absolute atomic E-state index is 0.00942. The highest BCUT2D eigenvalue weighted by Gasteiger charge is 2.28. The van der Waals surface area contributed by atoms with Crippen LogP contribution in [-0.2, 0) is 27.4 Å². The summed E-state index contributed by atoms with van der Waals surface area (Å²) in [7, 11) is 0. The Labute approximate surface area is 239 Å². The van der Waals surface area contributed by atoms with E-state index in [0.717, 1.165) is 50.7 Å². The lowest BCUT2D eigenvalue weighted by atomic mass is 9.81. The van der Waals surface area contributed by atoms with Gasteiger partial charge in [0.1, 0.15) is 0 Å². The van der Waals surface area contributed by atoms with Gasteiger partial charge >= 0.3 is 0 Å². The van der Waals surface area contributed by atoms with E-state index in [9.17, 15) is 14.4 Å². The van der Waals surface area contributed by atoms with Gasteiger partial charge in [-0.3, -0.25) is 19.0 Å². The van der Waals surface area contributed by atoms with Crippen molar-refractivity contribution in [2.75, 3.05) is 18.9 Å². The van der Waals surface area contributed by atoms with Crippen LogP contribution in [0.5, 0.6) is 0 Å². The molecule has 1 aliphatic heterocycles. The van der Waals surface area contributed by atoms with E-state index in [-0.39, 0.29) is 41.1 Å². The average Bonchev–Trinajstić information content (AvgIpc) is 3.50. The fraction of sp³-hybridized carbons (Fsp3) is 0.484. The maximum atomic E-state index is 13.5. The second kappa shape index (κ2) is 13.5. The number of carbonyl (C=O) groups is 2. The monoisotopic (exact) mass is 562 g/mol. The van der Waals surface area contributed by atoms with Crippen LogP contribution in [0.15, 0.2) is 58.5 Å². The van der Waals surface area contributed by atoms with Crippen LogP contribution in [0.2, 0.25) is 0 Å². The molecule has 0 unspecified atom stereocenters. The van der Waals surface area contributed by atoms with Crippen molar-refractivity contribution in [2.24, 2.45) is 11.8 Å². The van der Waals surface area contributed by atoms with Crippen molar-refractivity contribution >= 4 is 34.5 Å². The predicted octanol–water partition coefficient (Wildman–Crippen LogP) is 4.22. The van der Waals surface area contributed by atoms with Crippen molar-refractivity contribution in [1.29, 1.82) is 0 Å². The predicted molar refractivity (Wildman–Crippen MR) is 157 cm³/mol. The van der Waals surface area contributed by atoms with E-state index in [1.807, 2.05) is 49.4 Å². The molecule has 2 heterocycles. The highest BCUT2D eigenvalue weighted by molar-refractivity contribution is 7.99. The lowest BCUT2D eigenvalue weighted by Crippen LogP contribution is -2.38. The SMILES string of the molecule is Cc1ccc(CNC(=O)CSc2nc3ccccc3c(=O)n2CC2CCC(C(=O)NC[C@H]3CCCO3)CC2)cc1. The molecule has 2 aliphatic rings. The molecule has 1 saturated heterocycles. The molecule has 9 heteroatoms. The van der Waals surface area contributed by atoms with Gasteiger partial charge in [0, 0.05) is 32.2 Å². The van der Waals surface area contributed by atoms with Gasteiger partial charge in [0.2, 0.25) is 11.8 Å². The van der Waals surface area contributed by atoms with Gasteiger partial charge < -0.3 is 15.4 Å². The Morgan fingerprint density at radius 3 is 2.55 bits per heavy atom. The van der Waals surface area contributed by atoms with Crippen LogP contribution in [0.25, 0.3) is 10.9 Å². The molecule has 40 heavy (non-hydrogen) atoms. The number of aryl methyl sites for hydroxylation is 1. The molecule has 2 aromatic carbocycles. The summed E-state index contributed by atoms with van der Waals surface area (Å²) in [6.45, 7) is 4.41. The number of hydrogen-bond acceptors (Lipinski definition) is 6. The van der Waals surface area contributed by atoms with Crippen LogP contribution in [0.1, 0.15) is 49.7 Å². The fourth-order valence-electron chi connectivity index (χ4n) is 5.54. The number of amides is 2. The summed E-state index contributed by atoms with van der Waals surface area (Å²) in [5.41, 5.74) is 2.78. The normalized spacial score (nSPS) is 20.9. The van der Waals surface area contributed by atoms with E-state index in [1.165, 1.54) is 17.3 Å². The summed E-state index contributed by atoms with van der Waals surface area (Å²) < 4.78 is 7.36. The number of hydrogen-bond donors (Lipinski definition) is 2. The Bertz CT molecular complexity index is 1380. The number of benzene rings is 2. The minimum Gasteiger partial charge on any atom is -0.376 e. The third-order valence-corrected chi connectivity index (χ3v) is 8.93. The van der Waals surface area contributed by atoms with Crippen molar-refractivity contribution in [3.63, 3.8) is 0 Å².